The van der Waals surface area contributed by atoms with Gasteiger partial charge >= 0.3 is 0 Å². The molecule has 0 aliphatic carbocycles. The van der Waals surface area contributed by atoms with Crippen molar-refractivity contribution in [2.75, 3.05) is 39.3 Å². The van der Waals surface area contributed by atoms with Crippen LogP contribution in [0.4, 0.5) is 0 Å². The SMILES string of the molecule is CC(C)C1CCN(C2CN(C(=O)C3CCN(C(C)C)C3)C2)CC1. The van der Waals surface area contributed by atoms with E-state index in [1.165, 1.54) is 25.9 Å². The third-order valence-corrected chi connectivity index (χ3v) is 6.51. The van der Waals surface area contributed by atoms with E-state index in [9.17, 15) is 4.79 Å². The fraction of sp³-hybridized carbons (Fsp3) is 0.947. The van der Waals surface area contributed by atoms with Crippen LogP contribution in [0.3, 0.4) is 0 Å². The molecule has 0 aromatic heterocycles. The number of carbonyl (C=O) groups is 1. The van der Waals surface area contributed by atoms with Gasteiger partial charge in [-0.25, -0.2) is 0 Å². The number of hydrogen-bond acceptors (Lipinski definition) is 3. The van der Waals surface area contributed by atoms with Crippen molar-refractivity contribution in [1.29, 1.82) is 0 Å². The molecule has 132 valence electrons. The van der Waals surface area contributed by atoms with Crippen LogP contribution >= 0.6 is 0 Å². The molecule has 0 aromatic carbocycles. The van der Waals surface area contributed by atoms with E-state index < -0.39 is 0 Å². The first-order chi connectivity index (χ1) is 11.0. The van der Waals surface area contributed by atoms with Gasteiger partial charge in [0, 0.05) is 31.7 Å². The van der Waals surface area contributed by atoms with Gasteiger partial charge in [-0.15, -0.1) is 0 Å². The van der Waals surface area contributed by atoms with Gasteiger partial charge in [0.1, 0.15) is 0 Å². The number of piperidine rings is 1. The first-order valence-electron chi connectivity index (χ1n) is 9.72. The van der Waals surface area contributed by atoms with Crippen molar-refractivity contribution in [1.82, 2.24) is 14.7 Å². The van der Waals surface area contributed by atoms with Crippen molar-refractivity contribution in [3.63, 3.8) is 0 Å². The highest BCUT2D eigenvalue weighted by atomic mass is 16.2. The predicted molar refractivity (Wildman–Crippen MR) is 94.3 cm³/mol. The van der Waals surface area contributed by atoms with E-state index in [0.29, 0.717) is 18.0 Å². The quantitative estimate of drug-likeness (QED) is 0.795. The van der Waals surface area contributed by atoms with Gasteiger partial charge < -0.3 is 9.80 Å². The van der Waals surface area contributed by atoms with E-state index >= 15 is 0 Å². The van der Waals surface area contributed by atoms with Crippen molar-refractivity contribution in [2.45, 2.75) is 59.0 Å². The minimum atomic E-state index is 0.255. The number of carbonyl (C=O) groups excluding carboxylic acids is 1. The van der Waals surface area contributed by atoms with E-state index in [2.05, 4.69) is 42.4 Å². The van der Waals surface area contributed by atoms with E-state index in [1.807, 2.05) is 0 Å². The molecule has 3 aliphatic heterocycles. The second-order valence-electron chi connectivity index (χ2n) is 8.59. The van der Waals surface area contributed by atoms with Crippen molar-refractivity contribution in [2.24, 2.45) is 17.8 Å². The fourth-order valence-corrected chi connectivity index (χ4v) is 4.53. The summed E-state index contributed by atoms with van der Waals surface area (Å²) in [5.74, 6) is 2.40. The fourth-order valence-electron chi connectivity index (χ4n) is 4.53. The van der Waals surface area contributed by atoms with Crippen LogP contribution in [0.15, 0.2) is 0 Å². The average molecular weight is 322 g/mol. The van der Waals surface area contributed by atoms with Crippen molar-refractivity contribution >= 4 is 5.91 Å². The van der Waals surface area contributed by atoms with Crippen molar-refractivity contribution < 1.29 is 4.79 Å². The molecule has 4 nitrogen and oxygen atoms in total. The monoisotopic (exact) mass is 321 g/mol. The Bertz CT molecular complexity index is 409. The Balaban J connectivity index is 1.40. The average Bonchev–Trinajstić information content (AvgIpc) is 2.96. The second kappa shape index (κ2) is 7.10. The lowest BCUT2D eigenvalue weighted by Gasteiger charge is -2.48. The number of likely N-dealkylation sites (tertiary alicyclic amines) is 3. The smallest absolute Gasteiger partial charge is 0.227 e. The Kier molecular flexibility index (Phi) is 5.32. The zero-order valence-electron chi connectivity index (χ0n) is 15.5. The maximum atomic E-state index is 12.6. The molecule has 3 fully saturated rings. The van der Waals surface area contributed by atoms with Crippen LogP contribution in [0.2, 0.25) is 0 Å². The number of rotatable bonds is 4. The highest BCUT2D eigenvalue weighted by Crippen LogP contribution is 2.29. The minimum Gasteiger partial charge on any atom is -0.339 e. The predicted octanol–water partition coefficient (Wildman–Crippen LogP) is 2.30. The normalized spacial score (nSPS) is 28.8. The summed E-state index contributed by atoms with van der Waals surface area (Å²) in [6.45, 7) is 15.7. The van der Waals surface area contributed by atoms with Gasteiger partial charge in [-0.3, -0.25) is 9.69 Å². The Morgan fingerprint density at radius 1 is 0.913 bits per heavy atom. The van der Waals surface area contributed by atoms with Crippen LogP contribution < -0.4 is 0 Å². The molecule has 3 heterocycles. The van der Waals surface area contributed by atoms with Crippen LogP contribution in [-0.4, -0.2) is 72.0 Å². The molecular weight excluding hydrogens is 286 g/mol. The molecule has 0 saturated carbocycles. The highest BCUT2D eigenvalue weighted by Gasteiger charge is 2.40. The van der Waals surface area contributed by atoms with Crippen molar-refractivity contribution in [3.8, 4) is 0 Å². The molecule has 0 N–H and O–H groups in total. The van der Waals surface area contributed by atoms with E-state index in [4.69, 9.17) is 0 Å². The first kappa shape index (κ1) is 17.2. The first-order valence-corrected chi connectivity index (χ1v) is 9.72. The zero-order valence-corrected chi connectivity index (χ0v) is 15.5. The second-order valence-corrected chi connectivity index (χ2v) is 8.59. The molecule has 3 rings (SSSR count). The molecule has 3 saturated heterocycles. The minimum absolute atomic E-state index is 0.255. The highest BCUT2D eigenvalue weighted by molar-refractivity contribution is 5.80. The molecule has 0 spiro atoms. The van der Waals surface area contributed by atoms with E-state index in [1.54, 1.807) is 0 Å². The van der Waals surface area contributed by atoms with Gasteiger partial charge in [0.2, 0.25) is 5.91 Å². The Morgan fingerprint density at radius 2 is 1.57 bits per heavy atom. The van der Waals surface area contributed by atoms with Gasteiger partial charge in [-0.1, -0.05) is 13.8 Å². The van der Waals surface area contributed by atoms with Crippen molar-refractivity contribution in [3.05, 3.63) is 0 Å². The van der Waals surface area contributed by atoms with Gasteiger partial charge in [0.25, 0.3) is 0 Å². The summed E-state index contributed by atoms with van der Waals surface area (Å²) < 4.78 is 0. The zero-order chi connectivity index (χ0) is 16.6. The lowest BCUT2D eigenvalue weighted by atomic mass is 9.85. The number of nitrogens with zero attached hydrogens (tertiary/aromatic N) is 3. The van der Waals surface area contributed by atoms with Crippen LogP contribution in [0.25, 0.3) is 0 Å². The topological polar surface area (TPSA) is 26.8 Å². The standard InChI is InChI=1S/C19H35N3O/c1-14(2)16-5-8-20(9-6-16)18-12-22(13-18)19(23)17-7-10-21(11-17)15(3)4/h14-18H,5-13H2,1-4H3. The summed E-state index contributed by atoms with van der Waals surface area (Å²) in [6, 6.07) is 1.20. The molecule has 1 unspecified atom stereocenters. The third kappa shape index (κ3) is 3.74. The van der Waals surface area contributed by atoms with E-state index in [0.717, 1.165) is 44.4 Å². The van der Waals surface area contributed by atoms with Crippen LogP contribution in [0.1, 0.15) is 47.0 Å². The molecule has 0 aromatic rings. The summed E-state index contributed by atoms with van der Waals surface area (Å²) in [5, 5.41) is 0. The van der Waals surface area contributed by atoms with Gasteiger partial charge in [0.05, 0.1) is 5.92 Å². The Hall–Kier alpha value is -0.610. The summed E-state index contributed by atoms with van der Waals surface area (Å²) >= 11 is 0. The Morgan fingerprint density at radius 3 is 2.09 bits per heavy atom. The third-order valence-electron chi connectivity index (χ3n) is 6.51. The maximum Gasteiger partial charge on any atom is 0.227 e. The molecule has 23 heavy (non-hydrogen) atoms. The Labute approximate surface area is 142 Å². The van der Waals surface area contributed by atoms with Gasteiger partial charge in [0.15, 0.2) is 0 Å². The molecule has 1 atom stereocenters. The number of hydrogen-bond donors (Lipinski definition) is 0. The number of amides is 1. The van der Waals surface area contributed by atoms with Crippen LogP contribution in [0.5, 0.6) is 0 Å². The summed E-state index contributed by atoms with van der Waals surface area (Å²) in [6.07, 6.45) is 3.74. The van der Waals surface area contributed by atoms with Crippen LogP contribution in [-0.2, 0) is 4.79 Å². The molecule has 1 amide bonds. The lowest BCUT2D eigenvalue weighted by molar-refractivity contribution is -0.143. The van der Waals surface area contributed by atoms with Crippen LogP contribution in [0, 0.1) is 17.8 Å². The van der Waals surface area contributed by atoms with Gasteiger partial charge in [-0.05, 0) is 64.6 Å². The summed E-state index contributed by atoms with van der Waals surface area (Å²) in [4.78, 5) is 19.8. The molecule has 0 radical (unpaired) electrons. The summed E-state index contributed by atoms with van der Waals surface area (Å²) in [7, 11) is 0. The molecule has 0 bridgehead atoms. The van der Waals surface area contributed by atoms with Gasteiger partial charge in [-0.2, -0.15) is 0 Å². The summed E-state index contributed by atoms with van der Waals surface area (Å²) in [5.41, 5.74) is 0. The molecular formula is C19H35N3O. The molecule has 4 heteroatoms. The van der Waals surface area contributed by atoms with E-state index in [-0.39, 0.29) is 5.92 Å². The maximum absolute atomic E-state index is 12.6. The lowest BCUT2D eigenvalue weighted by Crippen LogP contribution is -2.63. The molecule has 3 aliphatic rings. The largest absolute Gasteiger partial charge is 0.339 e.